The molecule has 2 aromatic rings. The van der Waals surface area contributed by atoms with Gasteiger partial charge in [0.05, 0.1) is 27.3 Å². The largest absolute Gasteiger partial charge is 0.396 e. The Bertz CT molecular complexity index is 1220. The van der Waals surface area contributed by atoms with Gasteiger partial charge in [0.25, 0.3) is 0 Å². The number of anilines is 1. The van der Waals surface area contributed by atoms with Gasteiger partial charge in [-0.25, -0.2) is 0 Å². The minimum Gasteiger partial charge on any atom is -0.396 e. The molecule has 3 heterocycles. The molecule has 2 bridgehead atoms. The van der Waals surface area contributed by atoms with Crippen molar-refractivity contribution in [1.29, 1.82) is 0 Å². The van der Waals surface area contributed by atoms with Gasteiger partial charge in [-0.1, -0.05) is 61.0 Å². The fraction of sp³-hybridized carbons (Fsp3) is 0.500. The number of carbonyl (C=O) groups is 3. The highest BCUT2D eigenvalue weighted by molar-refractivity contribution is 8.02. The zero-order valence-corrected chi connectivity index (χ0v) is 23.9. The topological polar surface area (TPSA) is 98.7 Å². The maximum atomic E-state index is 14.1. The second-order valence-electron chi connectivity index (χ2n) is 11.0. The maximum Gasteiger partial charge on any atom is 0.248 e. The van der Waals surface area contributed by atoms with E-state index in [-0.39, 0.29) is 35.5 Å². The first-order valence-corrected chi connectivity index (χ1v) is 15.0. The molecule has 3 N–H and O–H groups in total. The second kappa shape index (κ2) is 11.5. The van der Waals surface area contributed by atoms with Crippen molar-refractivity contribution in [3.05, 3.63) is 64.7 Å². The summed E-state index contributed by atoms with van der Waals surface area (Å²) in [6, 6.07) is 14.5. The van der Waals surface area contributed by atoms with Gasteiger partial charge in [0.1, 0.15) is 6.04 Å². The van der Waals surface area contributed by atoms with Crippen LogP contribution in [0.1, 0.15) is 43.7 Å². The van der Waals surface area contributed by atoms with Crippen LogP contribution in [0.15, 0.2) is 48.5 Å². The van der Waals surface area contributed by atoms with E-state index in [0.29, 0.717) is 36.6 Å². The number of aliphatic hydroxyl groups excluding tert-OH is 1. The second-order valence-corrected chi connectivity index (χ2v) is 12.9. The van der Waals surface area contributed by atoms with Crippen LogP contribution in [0.5, 0.6) is 0 Å². The fourth-order valence-electron chi connectivity index (χ4n) is 6.82. The molecule has 1 spiro atoms. The lowest BCUT2D eigenvalue weighted by atomic mass is 9.66. The number of thioether (sulfide) groups is 1. The third kappa shape index (κ3) is 4.96. The highest BCUT2D eigenvalue weighted by Crippen LogP contribution is 2.68. The number of halogens is 1. The van der Waals surface area contributed by atoms with E-state index in [0.717, 1.165) is 24.0 Å². The van der Waals surface area contributed by atoms with Crippen LogP contribution in [0, 0.1) is 24.7 Å². The van der Waals surface area contributed by atoms with E-state index in [4.69, 9.17) is 11.6 Å². The van der Waals surface area contributed by atoms with Gasteiger partial charge in [-0.2, -0.15) is 0 Å². The summed E-state index contributed by atoms with van der Waals surface area (Å²) in [6.07, 6.45) is 2.86. The lowest BCUT2D eigenvalue weighted by Crippen LogP contribution is -2.55. The molecular weight excluding hydrogens is 534 g/mol. The van der Waals surface area contributed by atoms with Gasteiger partial charge in [-0.05, 0) is 55.7 Å². The number of aliphatic hydroxyl groups is 1. The molecule has 3 unspecified atom stereocenters. The molecule has 6 atom stereocenters. The first-order valence-electron chi connectivity index (χ1n) is 13.8. The molecule has 0 aromatic heterocycles. The molecule has 3 fully saturated rings. The summed E-state index contributed by atoms with van der Waals surface area (Å²) in [4.78, 5) is 43.6. The summed E-state index contributed by atoms with van der Waals surface area (Å²) in [5.74, 6) is -1.45. The Morgan fingerprint density at radius 2 is 1.87 bits per heavy atom. The number of nitrogens with zero attached hydrogens (tertiary/aromatic N) is 1. The summed E-state index contributed by atoms with van der Waals surface area (Å²) in [6.45, 7) is 4.90. The van der Waals surface area contributed by atoms with Crippen molar-refractivity contribution in [3.8, 4) is 0 Å². The minimum absolute atomic E-state index is 0.0152. The van der Waals surface area contributed by atoms with E-state index >= 15 is 0 Å². The highest BCUT2D eigenvalue weighted by Gasteiger charge is 2.75. The van der Waals surface area contributed by atoms with Crippen LogP contribution < -0.4 is 10.6 Å². The zero-order valence-electron chi connectivity index (χ0n) is 22.4. The molecule has 3 aliphatic rings. The van der Waals surface area contributed by atoms with E-state index in [2.05, 4.69) is 17.6 Å². The molecule has 3 aliphatic heterocycles. The Kier molecular flexibility index (Phi) is 8.26. The van der Waals surface area contributed by atoms with E-state index < -0.39 is 22.6 Å². The van der Waals surface area contributed by atoms with Crippen LogP contribution in [-0.4, -0.2) is 56.9 Å². The monoisotopic (exact) mass is 569 g/mol. The van der Waals surface area contributed by atoms with E-state index in [1.54, 1.807) is 22.7 Å². The number of nitrogens with one attached hydrogen (secondary N) is 2. The SMILES string of the molecule is Cc1cccc(Cl)c1NC(=O)C1N(CCCCCO)C(=O)[C@@H]2[C@H](C(=O)NCc3ccccc3)[C@@H]3CC(C)C12S3. The number of rotatable bonds is 10. The number of likely N-dealkylation sites (tertiary alicyclic amines) is 1. The predicted molar refractivity (Wildman–Crippen MR) is 154 cm³/mol. The van der Waals surface area contributed by atoms with E-state index in [1.165, 1.54) is 0 Å². The predicted octanol–water partition coefficient (Wildman–Crippen LogP) is 4.40. The average Bonchev–Trinajstić information content (AvgIpc) is 3.51. The maximum absolute atomic E-state index is 14.1. The fourth-order valence-corrected chi connectivity index (χ4v) is 9.51. The van der Waals surface area contributed by atoms with E-state index in [9.17, 15) is 19.5 Å². The molecule has 5 rings (SSSR count). The first kappa shape index (κ1) is 28.0. The van der Waals surface area contributed by atoms with Gasteiger partial charge in [0.2, 0.25) is 17.7 Å². The van der Waals surface area contributed by atoms with Crippen LogP contribution in [0.3, 0.4) is 0 Å². The molecular formula is C30H36ClN3O4S. The smallest absolute Gasteiger partial charge is 0.248 e. The summed E-state index contributed by atoms with van der Waals surface area (Å²) in [5.41, 5.74) is 2.40. The average molecular weight is 570 g/mol. The molecule has 7 nitrogen and oxygen atoms in total. The van der Waals surface area contributed by atoms with Crippen LogP contribution in [-0.2, 0) is 20.9 Å². The molecule has 2 aromatic carbocycles. The highest BCUT2D eigenvalue weighted by atomic mass is 35.5. The van der Waals surface area contributed by atoms with Gasteiger partial charge in [0.15, 0.2) is 0 Å². The van der Waals surface area contributed by atoms with Crippen molar-refractivity contribution in [2.24, 2.45) is 17.8 Å². The van der Waals surface area contributed by atoms with E-state index in [1.807, 2.05) is 49.4 Å². The Labute approximate surface area is 239 Å². The zero-order chi connectivity index (χ0) is 27.7. The van der Waals surface area contributed by atoms with Crippen molar-refractivity contribution in [2.75, 3.05) is 18.5 Å². The van der Waals surface area contributed by atoms with Crippen molar-refractivity contribution in [2.45, 2.75) is 62.1 Å². The summed E-state index contributed by atoms with van der Waals surface area (Å²) >= 11 is 8.12. The van der Waals surface area contributed by atoms with Gasteiger partial charge < -0.3 is 20.6 Å². The van der Waals surface area contributed by atoms with Crippen molar-refractivity contribution in [3.63, 3.8) is 0 Å². The van der Waals surface area contributed by atoms with Crippen molar-refractivity contribution < 1.29 is 19.5 Å². The quantitative estimate of drug-likeness (QED) is 0.368. The summed E-state index contributed by atoms with van der Waals surface area (Å²) in [7, 11) is 0. The number of unbranched alkanes of at least 4 members (excludes halogenated alkanes) is 2. The Morgan fingerprint density at radius 1 is 1.10 bits per heavy atom. The van der Waals surface area contributed by atoms with Crippen molar-refractivity contribution in [1.82, 2.24) is 10.2 Å². The molecule has 9 heteroatoms. The molecule has 39 heavy (non-hydrogen) atoms. The number of fused-ring (bicyclic) bond motifs is 1. The molecule has 0 saturated carbocycles. The number of hydrogen-bond acceptors (Lipinski definition) is 5. The lowest BCUT2D eigenvalue weighted by molar-refractivity contribution is -0.139. The molecule has 3 amide bonds. The lowest BCUT2D eigenvalue weighted by Gasteiger charge is -2.38. The normalized spacial score (nSPS) is 29.0. The van der Waals surface area contributed by atoms with Gasteiger partial charge in [-0.3, -0.25) is 14.4 Å². The standard InChI is InChI=1S/C30H36ClN3O4S/c1-18-10-9-13-21(31)25(18)33-28(37)26-30-19(2)16-22(39-30)23(27(36)32-17-20-11-5-3-6-12-20)24(30)29(38)34(26)14-7-4-8-15-35/h3,5-6,9-13,19,22-24,26,35H,4,7-8,14-17H2,1-2H3,(H,32,36)(H,33,37)/t19?,22-,23+,24-,26?,30?/m0/s1. The summed E-state index contributed by atoms with van der Waals surface area (Å²) < 4.78 is -0.688. The molecule has 0 aliphatic carbocycles. The molecule has 208 valence electrons. The Balaban J connectivity index is 1.45. The first-order chi connectivity index (χ1) is 18.8. The van der Waals surface area contributed by atoms with Crippen LogP contribution in [0.4, 0.5) is 5.69 Å². The number of amides is 3. The Hall–Kier alpha value is -2.55. The van der Waals surface area contributed by atoms with Gasteiger partial charge >= 0.3 is 0 Å². The third-order valence-electron chi connectivity index (χ3n) is 8.63. The number of carbonyl (C=O) groups excluding carboxylic acids is 3. The number of para-hydroxylation sites is 1. The minimum atomic E-state index is -0.711. The summed E-state index contributed by atoms with van der Waals surface area (Å²) in [5, 5.41) is 15.8. The van der Waals surface area contributed by atoms with Crippen molar-refractivity contribution >= 4 is 46.8 Å². The number of hydrogen-bond donors (Lipinski definition) is 3. The van der Waals surface area contributed by atoms with Crippen LogP contribution in [0.25, 0.3) is 0 Å². The molecule has 3 saturated heterocycles. The van der Waals surface area contributed by atoms with Gasteiger partial charge in [-0.15, -0.1) is 11.8 Å². The Morgan fingerprint density at radius 3 is 2.59 bits per heavy atom. The van der Waals surface area contributed by atoms with Crippen LogP contribution in [0.2, 0.25) is 5.02 Å². The number of aryl methyl sites for hydroxylation is 1. The molecule has 0 radical (unpaired) electrons. The van der Waals surface area contributed by atoms with Crippen LogP contribution >= 0.6 is 23.4 Å². The third-order valence-corrected chi connectivity index (χ3v) is 11.0. The van der Waals surface area contributed by atoms with Gasteiger partial charge in [0, 0.05) is 24.9 Å². The number of benzene rings is 2.